The number of carbonyl (C=O) groups excluding carboxylic acids is 1. The van der Waals surface area contributed by atoms with Gasteiger partial charge in [-0.1, -0.05) is 31.7 Å². The van der Waals surface area contributed by atoms with E-state index < -0.39 is 0 Å². The first-order valence-corrected chi connectivity index (χ1v) is 10.7. The molecule has 0 saturated carbocycles. The SMILES string of the molecule is COc1ccc(C=C2Oc3c(ccc([O-])c3C[NH+]3CC(C)CC(C)C3)C2=O)cc1OC. The van der Waals surface area contributed by atoms with Gasteiger partial charge in [-0.05, 0) is 36.3 Å². The van der Waals surface area contributed by atoms with Gasteiger partial charge in [-0.2, -0.15) is 0 Å². The first kappa shape index (κ1) is 21.2. The highest BCUT2D eigenvalue weighted by atomic mass is 16.5. The zero-order valence-corrected chi connectivity index (χ0v) is 18.5. The van der Waals surface area contributed by atoms with Gasteiger partial charge in [0.05, 0.1) is 32.9 Å². The van der Waals surface area contributed by atoms with E-state index in [2.05, 4.69) is 13.8 Å². The van der Waals surface area contributed by atoms with Crippen LogP contribution in [0.5, 0.6) is 23.0 Å². The third kappa shape index (κ3) is 4.26. The lowest BCUT2D eigenvalue weighted by Gasteiger charge is -2.33. The minimum atomic E-state index is -0.207. The van der Waals surface area contributed by atoms with Crippen molar-refractivity contribution in [1.82, 2.24) is 0 Å². The maximum atomic E-state index is 13.0. The summed E-state index contributed by atoms with van der Waals surface area (Å²) >= 11 is 0. The van der Waals surface area contributed by atoms with E-state index in [-0.39, 0.29) is 17.3 Å². The average Bonchev–Trinajstić information content (AvgIpc) is 3.05. The third-order valence-corrected chi connectivity index (χ3v) is 6.11. The van der Waals surface area contributed by atoms with Crippen LogP contribution >= 0.6 is 0 Å². The smallest absolute Gasteiger partial charge is 0.231 e. The highest BCUT2D eigenvalue weighted by Crippen LogP contribution is 2.39. The van der Waals surface area contributed by atoms with Crippen molar-refractivity contribution in [3.63, 3.8) is 0 Å². The van der Waals surface area contributed by atoms with E-state index >= 15 is 0 Å². The Hall–Kier alpha value is -2.99. The molecule has 4 rings (SSSR count). The molecule has 1 saturated heterocycles. The Morgan fingerprint density at radius 3 is 2.48 bits per heavy atom. The number of allylic oxidation sites excluding steroid dienone is 1. The fourth-order valence-corrected chi connectivity index (χ4v) is 4.87. The second-order valence-corrected chi connectivity index (χ2v) is 8.75. The molecule has 164 valence electrons. The predicted molar refractivity (Wildman–Crippen MR) is 116 cm³/mol. The number of nitrogens with one attached hydrogen (secondary N) is 1. The number of hydrogen-bond acceptors (Lipinski definition) is 5. The zero-order chi connectivity index (χ0) is 22.1. The molecule has 0 amide bonds. The fourth-order valence-electron chi connectivity index (χ4n) is 4.87. The monoisotopic (exact) mass is 423 g/mol. The van der Waals surface area contributed by atoms with E-state index in [1.165, 1.54) is 17.4 Å². The van der Waals surface area contributed by atoms with Gasteiger partial charge >= 0.3 is 0 Å². The highest BCUT2D eigenvalue weighted by molar-refractivity contribution is 6.15. The standard InChI is InChI=1S/C25H29NO5/c1-15-9-16(2)13-26(12-15)14-19-20(27)7-6-18-24(28)23(31-25(18)19)11-17-5-8-21(29-3)22(10-17)30-4/h5-8,10-11,15-16,27H,9,12-14H2,1-4H3. The summed E-state index contributed by atoms with van der Waals surface area (Å²) in [6.45, 7) is 7.14. The molecule has 2 atom stereocenters. The van der Waals surface area contributed by atoms with E-state index in [0.29, 0.717) is 46.8 Å². The number of ketones is 1. The Bertz CT molecular complexity index is 1020. The maximum absolute atomic E-state index is 13.0. The van der Waals surface area contributed by atoms with Gasteiger partial charge in [0.1, 0.15) is 12.3 Å². The van der Waals surface area contributed by atoms with Crippen molar-refractivity contribution >= 4 is 11.9 Å². The zero-order valence-electron chi connectivity index (χ0n) is 18.5. The van der Waals surface area contributed by atoms with Gasteiger partial charge in [-0.25, -0.2) is 0 Å². The summed E-state index contributed by atoms with van der Waals surface area (Å²) in [4.78, 5) is 14.3. The Kier molecular flexibility index (Phi) is 5.92. The van der Waals surface area contributed by atoms with Gasteiger partial charge in [0.25, 0.3) is 0 Å². The first-order valence-electron chi connectivity index (χ1n) is 10.7. The maximum Gasteiger partial charge on any atom is 0.231 e. The van der Waals surface area contributed by atoms with Crippen LogP contribution in [-0.4, -0.2) is 33.1 Å². The van der Waals surface area contributed by atoms with Gasteiger partial charge < -0.3 is 24.2 Å². The minimum absolute atomic E-state index is 0.0719. The van der Waals surface area contributed by atoms with E-state index in [0.717, 1.165) is 18.7 Å². The molecule has 2 unspecified atom stereocenters. The number of quaternary nitrogens is 1. The lowest BCUT2D eigenvalue weighted by atomic mass is 9.91. The van der Waals surface area contributed by atoms with E-state index in [1.807, 2.05) is 6.07 Å². The summed E-state index contributed by atoms with van der Waals surface area (Å²) in [7, 11) is 3.14. The van der Waals surface area contributed by atoms with Crippen LogP contribution < -0.4 is 24.2 Å². The topological polar surface area (TPSA) is 72.3 Å². The summed E-state index contributed by atoms with van der Waals surface area (Å²) in [5.74, 6) is 2.77. The second kappa shape index (κ2) is 8.63. The summed E-state index contributed by atoms with van der Waals surface area (Å²) in [5.41, 5.74) is 1.80. The molecule has 2 aliphatic rings. The van der Waals surface area contributed by atoms with Crippen molar-refractivity contribution < 1.29 is 29.0 Å². The van der Waals surface area contributed by atoms with Crippen molar-refractivity contribution in [3.8, 4) is 23.0 Å². The Morgan fingerprint density at radius 2 is 1.81 bits per heavy atom. The molecule has 6 nitrogen and oxygen atoms in total. The van der Waals surface area contributed by atoms with Crippen molar-refractivity contribution in [1.29, 1.82) is 0 Å². The Labute approximate surface area is 183 Å². The lowest BCUT2D eigenvalue weighted by molar-refractivity contribution is -0.925. The van der Waals surface area contributed by atoms with Gasteiger partial charge in [-0.15, -0.1) is 0 Å². The summed E-state index contributed by atoms with van der Waals surface area (Å²) in [6, 6.07) is 8.46. The molecule has 6 heteroatoms. The third-order valence-electron chi connectivity index (χ3n) is 6.11. The van der Waals surface area contributed by atoms with Crippen LogP contribution in [0.1, 0.15) is 41.8 Å². The van der Waals surface area contributed by atoms with Crippen molar-refractivity contribution in [2.45, 2.75) is 26.8 Å². The molecular formula is C25H29NO5. The molecule has 2 aromatic carbocycles. The Morgan fingerprint density at radius 1 is 1.10 bits per heavy atom. The lowest BCUT2D eigenvalue weighted by Crippen LogP contribution is -3.13. The average molecular weight is 424 g/mol. The van der Waals surface area contributed by atoms with Gasteiger partial charge in [-0.3, -0.25) is 4.79 Å². The molecule has 0 aromatic heterocycles. The van der Waals surface area contributed by atoms with Gasteiger partial charge in [0, 0.05) is 17.4 Å². The van der Waals surface area contributed by atoms with Gasteiger partial charge in [0.15, 0.2) is 17.3 Å². The number of hydrogen-bond donors (Lipinski definition) is 1. The number of likely N-dealkylation sites (tertiary alicyclic amines) is 1. The van der Waals surface area contributed by atoms with E-state index in [9.17, 15) is 9.90 Å². The summed E-state index contributed by atoms with van der Waals surface area (Å²) < 4.78 is 16.6. The molecule has 0 aliphatic carbocycles. The van der Waals surface area contributed by atoms with Crippen LogP contribution in [0.25, 0.3) is 6.08 Å². The van der Waals surface area contributed by atoms with Crippen LogP contribution in [0.2, 0.25) is 0 Å². The molecule has 0 bridgehead atoms. The predicted octanol–water partition coefficient (Wildman–Crippen LogP) is 2.45. The largest absolute Gasteiger partial charge is 0.872 e. The molecule has 2 heterocycles. The molecule has 0 spiro atoms. The number of rotatable bonds is 5. The second-order valence-electron chi connectivity index (χ2n) is 8.75. The summed E-state index contributed by atoms with van der Waals surface area (Å²) in [6.07, 6.45) is 2.89. The molecule has 1 N–H and O–H groups in total. The Balaban J connectivity index is 1.63. The minimum Gasteiger partial charge on any atom is -0.872 e. The molecule has 2 aromatic rings. The van der Waals surface area contributed by atoms with E-state index in [4.69, 9.17) is 14.2 Å². The number of ether oxygens (including phenoxy) is 3. The van der Waals surface area contributed by atoms with Crippen molar-refractivity contribution in [3.05, 3.63) is 52.8 Å². The first-order chi connectivity index (χ1) is 14.9. The molecule has 1 fully saturated rings. The number of carbonyl (C=O) groups is 1. The number of Topliss-reactive ketones (excluding diaryl/α,β-unsaturated/α-hetero) is 1. The van der Waals surface area contributed by atoms with E-state index in [1.54, 1.807) is 38.5 Å². The number of fused-ring (bicyclic) bond motifs is 1. The van der Waals surface area contributed by atoms with Crippen LogP contribution in [0.4, 0.5) is 0 Å². The molecule has 2 aliphatic heterocycles. The molecular weight excluding hydrogens is 394 g/mol. The highest BCUT2D eigenvalue weighted by Gasteiger charge is 2.32. The number of methoxy groups -OCH3 is 2. The fraction of sp³-hybridized carbons (Fsp3) is 0.400. The van der Waals surface area contributed by atoms with Crippen LogP contribution in [0.15, 0.2) is 36.1 Å². The van der Waals surface area contributed by atoms with Gasteiger partial charge in [0.2, 0.25) is 5.78 Å². The molecule has 0 radical (unpaired) electrons. The number of piperidine rings is 1. The van der Waals surface area contributed by atoms with Crippen LogP contribution in [0.3, 0.4) is 0 Å². The van der Waals surface area contributed by atoms with Crippen LogP contribution in [0, 0.1) is 11.8 Å². The van der Waals surface area contributed by atoms with Crippen molar-refractivity contribution in [2.24, 2.45) is 11.8 Å². The van der Waals surface area contributed by atoms with Crippen LogP contribution in [-0.2, 0) is 6.54 Å². The number of benzene rings is 2. The normalized spacial score (nSPS) is 24.1. The van der Waals surface area contributed by atoms with Crippen molar-refractivity contribution in [2.75, 3.05) is 27.3 Å². The summed E-state index contributed by atoms with van der Waals surface area (Å²) in [5, 5.41) is 12.7. The quantitative estimate of drug-likeness (QED) is 0.748. The molecule has 31 heavy (non-hydrogen) atoms.